The maximum Gasteiger partial charge on any atom is 0.166 e. The molecule has 3 heteroatoms. The quantitative estimate of drug-likeness (QED) is 0.622. The predicted molar refractivity (Wildman–Crippen MR) is 64.2 cm³/mol. The minimum absolute atomic E-state index is 0.112. The van der Waals surface area contributed by atoms with Gasteiger partial charge >= 0.3 is 0 Å². The lowest BCUT2D eigenvalue weighted by Gasteiger charge is -2.21. The molecule has 0 atom stereocenters. The monoisotopic (exact) mass is 217 g/mol. The van der Waals surface area contributed by atoms with E-state index in [0.29, 0.717) is 30.8 Å². The topological polar surface area (TPSA) is 38.3 Å². The van der Waals surface area contributed by atoms with Crippen molar-refractivity contribution in [2.24, 2.45) is 0 Å². The van der Waals surface area contributed by atoms with Crippen molar-refractivity contribution in [3.63, 3.8) is 0 Å². The van der Waals surface area contributed by atoms with Crippen molar-refractivity contribution in [2.45, 2.75) is 12.8 Å². The first-order chi connectivity index (χ1) is 7.83. The average molecular weight is 217 g/mol. The number of hydrogen-bond acceptors (Lipinski definition) is 3. The Morgan fingerprint density at radius 2 is 2.44 bits per heavy atom. The van der Waals surface area contributed by atoms with Crippen LogP contribution < -0.4 is 10.1 Å². The van der Waals surface area contributed by atoms with E-state index < -0.39 is 0 Å². The molecule has 0 bridgehead atoms. The van der Waals surface area contributed by atoms with Crippen LogP contribution in [0.1, 0.15) is 23.2 Å². The summed E-state index contributed by atoms with van der Waals surface area (Å²) >= 11 is 0. The lowest BCUT2D eigenvalue weighted by molar-refractivity contribution is 0.0979. The minimum atomic E-state index is 0.112. The zero-order valence-electron chi connectivity index (χ0n) is 9.16. The molecule has 1 aliphatic rings. The molecule has 2 rings (SSSR count). The molecular formula is C13H15NO2. The van der Waals surface area contributed by atoms with Gasteiger partial charge in [0.2, 0.25) is 0 Å². The third-order valence-electron chi connectivity index (χ3n) is 2.55. The van der Waals surface area contributed by atoms with Crippen LogP contribution >= 0.6 is 0 Å². The zero-order valence-corrected chi connectivity index (χ0v) is 9.16. The fourth-order valence-corrected chi connectivity index (χ4v) is 1.76. The lowest BCUT2D eigenvalue weighted by atomic mass is 10.0. The molecule has 84 valence electrons. The van der Waals surface area contributed by atoms with Crippen LogP contribution in [0.5, 0.6) is 5.75 Å². The number of fused-ring (bicyclic) bond motifs is 1. The standard InChI is InChI=1S/C13H15NO2/c1-2-3-7-12(15)10-5-4-6-11-13(10)16-9-8-14-11/h2,4-6,14H,1,3,7-9H2. The zero-order chi connectivity index (χ0) is 11.4. The number of carbonyl (C=O) groups is 1. The number of carbonyl (C=O) groups excluding carboxylic acids is 1. The van der Waals surface area contributed by atoms with Crippen molar-refractivity contribution < 1.29 is 9.53 Å². The molecule has 0 saturated heterocycles. The molecule has 1 N–H and O–H groups in total. The van der Waals surface area contributed by atoms with Crippen LogP contribution in [0.15, 0.2) is 30.9 Å². The fraction of sp³-hybridized carbons (Fsp3) is 0.308. The molecule has 0 radical (unpaired) electrons. The second-order valence-electron chi connectivity index (χ2n) is 3.71. The highest BCUT2D eigenvalue weighted by molar-refractivity contribution is 6.00. The summed E-state index contributed by atoms with van der Waals surface area (Å²) in [4.78, 5) is 11.9. The molecule has 1 aromatic rings. The normalized spacial score (nSPS) is 13.2. The Morgan fingerprint density at radius 1 is 1.56 bits per heavy atom. The number of anilines is 1. The van der Waals surface area contributed by atoms with E-state index in [9.17, 15) is 4.79 Å². The molecule has 0 spiro atoms. The van der Waals surface area contributed by atoms with Crippen LogP contribution in [0.25, 0.3) is 0 Å². The van der Waals surface area contributed by atoms with E-state index in [1.54, 1.807) is 6.08 Å². The van der Waals surface area contributed by atoms with Crippen LogP contribution in [-0.4, -0.2) is 18.9 Å². The molecule has 1 heterocycles. The van der Waals surface area contributed by atoms with Crippen molar-refractivity contribution in [1.82, 2.24) is 0 Å². The van der Waals surface area contributed by atoms with Gasteiger partial charge in [-0.05, 0) is 18.6 Å². The molecular weight excluding hydrogens is 202 g/mol. The van der Waals surface area contributed by atoms with Gasteiger partial charge in [0.05, 0.1) is 11.3 Å². The molecule has 0 unspecified atom stereocenters. The summed E-state index contributed by atoms with van der Waals surface area (Å²) < 4.78 is 5.55. The molecule has 0 aromatic heterocycles. The van der Waals surface area contributed by atoms with E-state index in [2.05, 4.69) is 11.9 Å². The third-order valence-corrected chi connectivity index (χ3v) is 2.55. The number of Topliss-reactive ketones (excluding diaryl/α,β-unsaturated/α-hetero) is 1. The van der Waals surface area contributed by atoms with Crippen LogP contribution in [-0.2, 0) is 0 Å². The van der Waals surface area contributed by atoms with Gasteiger partial charge in [-0.3, -0.25) is 4.79 Å². The summed E-state index contributed by atoms with van der Waals surface area (Å²) in [5.74, 6) is 0.809. The van der Waals surface area contributed by atoms with Crippen LogP contribution in [0, 0.1) is 0 Å². The van der Waals surface area contributed by atoms with Gasteiger partial charge in [0, 0.05) is 13.0 Å². The Balaban J connectivity index is 2.26. The highest BCUT2D eigenvalue weighted by Gasteiger charge is 2.17. The predicted octanol–water partition coefficient (Wildman–Crippen LogP) is 2.64. The summed E-state index contributed by atoms with van der Waals surface area (Å²) in [6.45, 7) is 5.02. The number of benzene rings is 1. The second-order valence-corrected chi connectivity index (χ2v) is 3.71. The first-order valence-corrected chi connectivity index (χ1v) is 5.46. The number of rotatable bonds is 4. The molecule has 3 nitrogen and oxygen atoms in total. The Hall–Kier alpha value is -1.77. The van der Waals surface area contributed by atoms with Gasteiger partial charge < -0.3 is 10.1 Å². The largest absolute Gasteiger partial charge is 0.489 e. The maximum atomic E-state index is 11.9. The second kappa shape index (κ2) is 4.84. The van der Waals surface area contributed by atoms with Gasteiger partial charge in [-0.25, -0.2) is 0 Å². The molecule has 16 heavy (non-hydrogen) atoms. The molecule has 0 amide bonds. The minimum Gasteiger partial charge on any atom is -0.489 e. The average Bonchev–Trinajstić information content (AvgIpc) is 2.35. The maximum absolute atomic E-state index is 11.9. The van der Waals surface area contributed by atoms with Crippen molar-refractivity contribution in [2.75, 3.05) is 18.5 Å². The summed E-state index contributed by atoms with van der Waals surface area (Å²) in [6.07, 6.45) is 2.95. The first-order valence-electron chi connectivity index (χ1n) is 5.46. The summed E-state index contributed by atoms with van der Waals surface area (Å²) in [5, 5.41) is 3.22. The molecule has 1 aromatic carbocycles. The van der Waals surface area contributed by atoms with Gasteiger partial charge in [-0.15, -0.1) is 6.58 Å². The number of hydrogen-bond donors (Lipinski definition) is 1. The van der Waals surface area contributed by atoms with E-state index in [4.69, 9.17) is 4.74 Å². The van der Waals surface area contributed by atoms with E-state index >= 15 is 0 Å². The van der Waals surface area contributed by atoms with E-state index in [1.807, 2.05) is 18.2 Å². The van der Waals surface area contributed by atoms with E-state index in [-0.39, 0.29) is 5.78 Å². The van der Waals surface area contributed by atoms with Gasteiger partial charge in [-0.1, -0.05) is 12.1 Å². The number of ether oxygens (including phenoxy) is 1. The highest BCUT2D eigenvalue weighted by Crippen LogP contribution is 2.32. The van der Waals surface area contributed by atoms with Crippen LogP contribution in [0.3, 0.4) is 0 Å². The molecule has 0 saturated carbocycles. The van der Waals surface area contributed by atoms with Crippen molar-refractivity contribution in [3.8, 4) is 5.75 Å². The Labute approximate surface area is 95.1 Å². The van der Waals surface area contributed by atoms with Crippen molar-refractivity contribution in [1.29, 1.82) is 0 Å². The van der Waals surface area contributed by atoms with E-state index in [0.717, 1.165) is 12.2 Å². The Morgan fingerprint density at radius 3 is 3.25 bits per heavy atom. The van der Waals surface area contributed by atoms with Crippen LogP contribution in [0.4, 0.5) is 5.69 Å². The number of para-hydroxylation sites is 1. The highest BCUT2D eigenvalue weighted by atomic mass is 16.5. The van der Waals surface area contributed by atoms with Gasteiger partial charge in [-0.2, -0.15) is 0 Å². The lowest BCUT2D eigenvalue weighted by Crippen LogP contribution is -2.20. The van der Waals surface area contributed by atoms with Crippen molar-refractivity contribution in [3.05, 3.63) is 36.4 Å². The van der Waals surface area contributed by atoms with Crippen molar-refractivity contribution >= 4 is 11.5 Å². The third kappa shape index (κ3) is 2.08. The first kappa shape index (κ1) is 10.7. The molecule has 1 aliphatic heterocycles. The number of ketones is 1. The SMILES string of the molecule is C=CCCC(=O)c1cccc2c1OCCN2. The molecule has 0 fully saturated rings. The smallest absolute Gasteiger partial charge is 0.166 e. The van der Waals surface area contributed by atoms with Crippen LogP contribution in [0.2, 0.25) is 0 Å². The van der Waals surface area contributed by atoms with Gasteiger partial charge in [0.25, 0.3) is 0 Å². The van der Waals surface area contributed by atoms with Gasteiger partial charge in [0.15, 0.2) is 11.5 Å². The number of allylic oxidation sites excluding steroid dienone is 1. The van der Waals surface area contributed by atoms with Gasteiger partial charge in [0.1, 0.15) is 6.61 Å². The summed E-state index contributed by atoms with van der Waals surface area (Å²) in [7, 11) is 0. The summed E-state index contributed by atoms with van der Waals surface area (Å²) in [6, 6.07) is 5.62. The summed E-state index contributed by atoms with van der Waals surface area (Å²) in [5.41, 5.74) is 1.59. The number of nitrogens with one attached hydrogen (secondary N) is 1. The Bertz CT molecular complexity index is 412. The Kier molecular flexibility index (Phi) is 3.25. The van der Waals surface area contributed by atoms with E-state index in [1.165, 1.54) is 0 Å². The molecule has 0 aliphatic carbocycles. The fourth-order valence-electron chi connectivity index (χ4n) is 1.76.